The van der Waals surface area contributed by atoms with E-state index >= 15 is 0 Å². The molecule has 0 saturated heterocycles. The molecule has 0 aliphatic carbocycles. The van der Waals surface area contributed by atoms with Gasteiger partial charge >= 0.3 is 0 Å². The maximum atomic E-state index is 6.26. The Balaban J connectivity index is 1.71. The molecule has 5 heteroatoms. The summed E-state index contributed by atoms with van der Waals surface area (Å²) < 4.78 is 0. The van der Waals surface area contributed by atoms with E-state index in [2.05, 4.69) is 21.0 Å². The molecule has 0 atom stereocenters. The molecule has 0 amide bonds. The van der Waals surface area contributed by atoms with E-state index in [0.29, 0.717) is 0 Å². The second-order valence-electron chi connectivity index (χ2n) is 5.09. The topological polar surface area (TPSA) is 38.7 Å². The fourth-order valence-electron chi connectivity index (χ4n) is 2.55. The van der Waals surface area contributed by atoms with Crippen LogP contribution in [0.3, 0.4) is 0 Å². The molecule has 0 N–H and O–H groups in total. The Hall–Kier alpha value is -2.17. The molecule has 0 radical (unpaired) electrons. The number of thioether (sulfide) groups is 1. The summed E-state index contributed by atoms with van der Waals surface area (Å²) in [4.78, 5) is 13.2. The van der Waals surface area contributed by atoms with Crippen LogP contribution in [0.15, 0.2) is 66.1 Å². The van der Waals surface area contributed by atoms with E-state index in [9.17, 15) is 0 Å². The summed E-state index contributed by atoms with van der Waals surface area (Å²) in [6.45, 7) is 0. The highest BCUT2D eigenvalue weighted by Crippen LogP contribution is 2.31. The molecule has 2 heterocycles. The molecule has 2 aromatic carbocycles. The first-order valence-corrected chi connectivity index (χ1v) is 8.54. The van der Waals surface area contributed by atoms with Gasteiger partial charge in [0.05, 0.1) is 11.0 Å². The van der Waals surface area contributed by atoms with Crippen LogP contribution in [0.5, 0.6) is 0 Å². The fourth-order valence-corrected chi connectivity index (χ4v) is 3.74. The second-order valence-corrected chi connectivity index (χ2v) is 6.46. The van der Waals surface area contributed by atoms with Gasteiger partial charge in [-0.25, -0.2) is 9.97 Å². The maximum Gasteiger partial charge on any atom is 0.117 e. The van der Waals surface area contributed by atoms with Crippen molar-refractivity contribution in [3.8, 4) is 0 Å². The van der Waals surface area contributed by atoms with Crippen LogP contribution in [0.25, 0.3) is 21.8 Å². The molecule has 112 valence electrons. The average Bonchev–Trinajstić information content (AvgIpc) is 2.61. The van der Waals surface area contributed by atoms with Crippen LogP contribution in [0.1, 0.15) is 5.56 Å². The van der Waals surface area contributed by atoms with Crippen molar-refractivity contribution >= 4 is 45.2 Å². The summed E-state index contributed by atoms with van der Waals surface area (Å²) in [5.74, 6) is 0.783. The van der Waals surface area contributed by atoms with Crippen molar-refractivity contribution in [1.29, 1.82) is 0 Å². The molecule has 4 aromatic rings. The van der Waals surface area contributed by atoms with Crippen LogP contribution in [-0.2, 0) is 5.75 Å². The first-order valence-electron chi connectivity index (χ1n) is 7.17. The van der Waals surface area contributed by atoms with E-state index in [1.165, 1.54) is 0 Å². The number of hydrogen-bond acceptors (Lipinski definition) is 4. The lowest BCUT2D eigenvalue weighted by Crippen LogP contribution is -1.90. The highest BCUT2D eigenvalue weighted by atomic mass is 35.5. The predicted molar refractivity (Wildman–Crippen MR) is 95.9 cm³/mol. The summed E-state index contributed by atoms with van der Waals surface area (Å²) in [7, 11) is 0. The first-order chi connectivity index (χ1) is 11.3. The van der Waals surface area contributed by atoms with Crippen molar-refractivity contribution < 1.29 is 0 Å². The van der Waals surface area contributed by atoms with Gasteiger partial charge in [0.15, 0.2) is 0 Å². The molecule has 0 unspecified atom stereocenters. The van der Waals surface area contributed by atoms with Gasteiger partial charge in [0.1, 0.15) is 11.4 Å². The lowest BCUT2D eigenvalue weighted by Gasteiger charge is -2.08. The van der Waals surface area contributed by atoms with Gasteiger partial charge in [0.25, 0.3) is 0 Å². The van der Waals surface area contributed by atoms with E-state index in [4.69, 9.17) is 11.6 Å². The highest BCUT2D eigenvalue weighted by molar-refractivity contribution is 7.98. The smallest absolute Gasteiger partial charge is 0.117 e. The number of rotatable bonds is 3. The molecule has 0 aliphatic heterocycles. The van der Waals surface area contributed by atoms with Gasteiger partial charge in [0, 0.05) is 27.7 Å². The molecule has 2 aromatic heterocycles. The van der Waals surface area contributed by atoms with Gasteiger partial charge in [-0.15, -0.1) is 11.8 Å². The summed E-state index contributed by atoms with van der Waals surface area (Å²) in [6, 6.07) is 15.9. The number of fused-ring (bicyclic) bond motifs is 2. The van der Waals surface area contributed by atoms with E-state index in [1.807, 2.05) is 42.5 Å². The molecule has 0 fully saturated rings. The van der Waals surface area contributed by atoms with Gasteiger partial charge in [0.2, 0.25) is 0 Å². The molecule has 3 nitrogen and oxygen atoms in total. The van der Waals surface area contributed by atoms with Crippen molar-refractivity contribution in [2.24, 2.45) is 0 Å². The number of nitrogens with zero attached hydrogens (tertiary/aromatic N) is 3. The van der Waals surface area contributed by atoms with Crippen LogP contribution in [-0.4, -0.2) is 15.0 Å². The number of para-hydroxylation sites is 1. The monoisotopic (exact) mass is 337 g/mol. The number of halogens is 1. The standard InChI is InChI=1S/C18H12ClN3S/c19-15-8-7-12(17-13(15)5-3-9-20-17)10-23-18-14-4-1-2-6-16(14)21-11-22-18/h1-9,11H,10H2. The van der Waals surface area contributed by atoms with Crippen molar-refractivity contribution in [2.75, 3.05) is 0 Å². The zero-order valence-electron chi connectivity index (χ0n) is 12.1. The van der Waals surface area contributed by atoms with Crippen LogP contribution < -0.4 is 0 Å². The number of benzene rings is 2. The number of pyridine rings is 1. The largest absolute Gasteiger partial charge is 0.256 e. The zero-order valence-corrected chi connectivity index (χ0v) is 13.7. The summed E-state index contributed by atoms with van der Waals surface area (Å²) in [6.07, 6.45) is 3.41. The zero-order chi connectivity index (χ0) is 15.6. The van der Waals surface area contributed by atoms with Gasteiger partial charge in [-0.1, -0.05) is 35.9 Å². The highest BCUT2D eigenvalue weighted by Gasteiger charge is 2.08. The quantitative estimate of drug-likeness (QED) is 0.384. The molecular weight excluding hydrogens is 326 g/mol. The Morgan fingerprint density at radius 2 is 1.74 bits per heavy atom. The van der Waals surface area contributed by atoms with Crippen LogP contribution in [0.4, 0.5) is 0 Å². The molecule has 0 aliphatic rings. The molecule has 4 rings (SSSR count). The molecule has 0 spiro atoms. The number of hydrogen-bond donors (Lipinski definition) is 0. The normalized spacial score (nSPS) is 11.2. The Morgan fingerprint density at radius 1 is 0.870 bits per heavy atom. The molecule has 0 saturated carbocycles. The summed E-state index contributed by atoms with van der Waals surface area (Å²) >= 11 is 7.95. The van der Waals surface area contributed by atoms with Crippen LogP contribution in [0.2, 0.25) is 5.02 Å². The third kappa shape index (κ3) is 2.76. The van der Waals surface area contributed by atoms with Crippen molar-refractivity contribution in [1.82, 2.24) is 15.0 Å². The minimum Gasteiger partial charge on any atom is -0.256 e. The van der Waals surface area contributed by atoms with Gasteiger partial charge in [-0.2, -0.15) is 0 Å². The SMILES string of the molecule is Clc1ccc(CSc2ncnc3ccccc23)c2ncccc12. The lowest BCUT2D eigenvalue weighted by molar-refractivity contribution is 1.10. The minimum absolute atomic E-state index is 0.731. The molecule has 0 bridgehead atoms. The maximum absolute atomic E-state index is 6.26. The lowest BCUT2D eigenvalue weighted by atomic mass is 10.1. The van der Waals surface area contributed by atoms with E-state index < -0.39 is 0 Å². The number of aromatic nitrogens is 3. The Bertz CT molecular complexity index is 998. The Morgan fingerprint density at radius 3 is 2.70 bits per heavy atom. The van der Waals surface area contributed by atoms with Crippen molar-refractivity contribution in [2.45, 2.75) is 10.8 Å². The van der Waals surface area contributed by atoms with E-state index in [-0.39, 0.29) is 0 Å². The van der Waals surface area contributed by atoms with E-state index in [1.54, 1.807) is 24.3 Å². The third-order valence-electron chi connectivity index (χ3n) is 3.67. The molecule has 23 heavy (non-hydrogen) atoms. The van der Waals surface area contributed by atoms with E-state index in [0.717, 1.165) is 43.2 Å². The summed E-state index contributed by atoms with van der Waals surface area (Å²) in [5, 5.41) is 3.77. The van der Waals surface area contributed by atoms with Gasteiger partial charge in [-0.05, 0) is 29.8 Å². The summed E-state index contributed by atoms with van der Waals surface area (Å²) in [5.41, 5.74) is 3.06. The Labute approximate surface area is 142 Å². The predicted octanol–water partition coefficient (Wildman–Crippen LogP) is 5.12. The third-order valence-corrected chi connectivity index (χ3v) is 5.05. The second kappa shape index (κ2) is 6.14. The van der Waals surface area contributed by atoms with Crippen LogP contribution >= 0.6 is 23.4 Å². The average molecular weight is 338 g/mol. The van der Waals surface area contributed by atoms with Gasteiger partial charge in [-0.3, -0.25) is 4.98 Å². The first kappa shape index (κ1) is 14.4. The fraction of sp³-hybridized carbons (Fsp3) is 0.0556. The van der Waals surface area contributed by atoms with Crippen molar-refractivity contribution in [3.63, 3.8) is 0 Å². The van der Waals surface area contributed by atoms with Gasteiger partial charge < -0.3 is 0 Å². The molecular formula is C18H12ClN3S. The van der Waals surface area contributed by atoms with Crippen molar-refractivity contribution in [3.05, 3.63) is 71.6 Å². The Kier molecular flexibility index (Phi) is 3.85. The minimum atomic E-state index is 0.731. The van der Waals surface area contributed by atoms with Crippen LogP contribution in [0, 0.1) is 0 Å².